The summed E-state index contributed by atoms with van der Waals surface area (Å²) in [5, 5.41) is 5.79. The number of aryl methyl sites for hydroxylation is 1. The molecule has 5 rings (SSSR count). The molecule has 1 amide bonds. The molecule has 2 aromatic heterocycles. The number of aromatic nitrogens is 2. The van der Waals surface area contributed by atoms with Crippen molar-refractivity contribution >= 4 is 27.3 Å². The maximum Gasteiger partial charge on any atom is 0.252 e. The molecule has 1 aromatic carbocycles. The zero-order valence-corrected chi connectivity index (χ0v) is 20.1. The minimum Gasteiger partial charge on any atom is -0.340 e. The van der Waals surface area contributed by atoms with Gasteiger partial charge in [-0.15, -0.1) is 11.3 Å². The van der Waals surface area contributed by atoms with E-state index in [-0.39, 0.29) is 23.2 Å². The summed E-state index contributed by atoms with van der Waals surface area (Å²) < 4.78 is 33.4. The van der Waals surface area contributed by atoms with Crippen LogP contribution in [0.25, 0.3) is 11.4 Å². The minimum absolute atomic E-state index is 0.0270. The van der Waals surface area contributed by atoms with E-state index in [0.29, 0.717) is 42.7 Å². The van der Waals surface area contributed by atoms with Gasteiger partial charge < -0.3 is 9.42 Å². The smallest absolute Gasteiger partial charge is 0.252 e. The molecule has 174 valence electrons. The standard InChI is InChI=1S/C23H26N4O4S2/c1-16-5-2-3-6-18(16)13-20(28)26-9-11-27(12-10-26)33(29,30)21-14-19(15-32-21)22-24-23(31-25-22)17-7-4-8-17/h2-3,5-6,14-15,17H,4,7-13H2,1H3. The second-order valence-corrected chi connectivity index (χ2v) is 11.7. The van der Waals surface area contributed by atoms with E-state index in [1.807, 2.05) is 31.2 Å². The first-order valence-corrected chi connectivity index (χ1v) is 13.5. The van der Waals surface area contributed by atoms with Crippen LogP contribution in [0.4, 0.5) is 0 Å². The van der Waals surface area contributed by atoms with E-state index in [1.54, 1.807) is 16.3 Å². The lowest BCUT2D eigenvalue weighted by atomic mass is 9.85. The van der Waals surface area contributed by atoms with Crippen LogP contribution in [0.3, 0.4) is 0 Å². The molecule has 2 fully saturated rings. The van der Waals surface area contributed by atoms with Gasteiger partial charge in [-0.25, -0.2) is 8.42 Å². The third-order valence-electron chi connectivity index (χ3n) is 6.52. The summed E-state index contributed by atoms with van der Waals surface area (Å²) >= 11 is 1.16. The SMILES string of the molecule is Cc1ccccc1CC(=O)N1CCN(S(=O)(=O)c2cc(-c3noc(C4CCC4)n3)cs2)CC1. The Morgan fingerprint density at radius 1 is 1.18 bits per heavy atom. The first-order chi connectivity index (χ1) is 15.9. The minimum atomic E-state index is -3.64. The fourth-order valence-electron chi connectivity index (χ4n) is 4.13. The first kappa shape index (κ1) is 22.2. The van der Waals surface area contributed by atoms with Gasteiger partial charge in [0.25, 0.3) is 10.0 Å². The van der Waals surface area contributed by atoms with Gasteiger partial charge in [-0.1, -0.05) is 35.8 Å². The molecule has 1 saturated carbocycles. The zero-order valence-electron chi connectivity index (χ0n) is 18.4. The molecule has 2 aliphatic rings. The second kappa shape index (κ2) is 9.00. The summed E-state index contributed by atoms with van der Waals surface area (Å²) in [7, 11) is -3.64. The molecular weight excluding hydrogens is 460 g/mol. The summed E-state index contributed by atoms with van der Waals surface area (Å²) in [6.07, 6.45) is 3.63. The molecule has 1 aliphatic carbocycles. The first-order valence-electron chi connectivity index (χ1n) is 11.2. The summed E-state index contributed by atoms with van der Waals surface area (Å²) in [5.41, 5.74) is 2.74. The third-order valence-corrected chi connectivity index (χ3v) is 9.83. The number of hydrogen-bond acceptors (Lipinski definition) is 7. The molecule has 0 atom stereocenters. The Labute approximate surface area is 197 Å². The molecule has 0 spiro atoms. The number of nitrogens with zero attached hydrogens (tertiary/aromatic N) is 4. The molecule has 1 saturated heterocycles. The molecular formula is C23H26N4O4S2. The fraction of sp³-hybridized carbons (Fsp3) is 0.435. The summed E-state index contributed by atoms with van der Waals surface area (Å²) in [6.45, 7) is 3.33. The van der Waals surface area contributed by atoms with Crippen molar-refractivity contribution in [3.63, 3.8) is 0 Å². The normalized spacial score (nSPS) is 17.8. The number of carbonyl (C=O) groups excluding carboxylic acids is 1. The third kappa shape index (κ3) is 4.47. The second-order valence-electron chi connectivity index (χ2n) is 8.63. The molecule has 0 bridgehead atoms. The molecule has 0 radical (unpaired) electrons. The van der Waals surface area contributed by atoms with E-state index in [0.717, 1.165) is 35.3 Å². The van der Waals surface area contributed by atoms with E-state index < -0.39 is 10.0 Å². The van der Waals surface area contributed by atoms with Crippen LogP contribution in [0, 0.1) is 6.92 Å². The van der Waals surface area contributed by atoms with Crippen molar-refractivity contribution in [1.29, 1.82) is 0 Å². The van der Waals surface area contributed by atoms with E-state index in [1.165, 1.54) is 10.7 Å². The number of hydrogen-bond donors (Lipinski definition) is 0. The number of carbonyl (C=O) groups is 1. The highest BCUT2D eigenvalue weighted by atomic mass is 32.2. The van der Waals surface area contributed by atoms with Gasteiger partial charge in [0.15, 0.2) is 0 Å². The van der Waals surface area contributed by atoms with Crippen LogP contribution in [0.2, 0.25) is 0 Å². The van der Waals surface area contributed by atoms with E-state index in [2.05, 4.69) is 10.1 Å². The summed E-state index contributed by atoms with van der Waals surface area (Å²) in [5.74, 6) is 1.43. The van der Waals surface area contributed by atoms with Gasteiger partial charge in [-0.05, 0) is 37.0 Å². The van der Waals surface area contributed by atoms with Gasteiger partial charge in [0, 0.05) is 43.0 Å². The lowest BCUT2D eigenvalue weighted by molar-refractivity contribution is -0.131. The molecule has 3 heterocycles. The lowest BCUT2D eigenvalue weighted by Crippen LogP contribution is -2.50. The van der Waals surface area contributed by atoms with Crippen LogP contribution >= 0.6 is 11.3 Å². The Balaban J connectivity index is 1.22. The van der Waals surface area contributed by atoms with Crippen molar-refractivity contribution in [2.24, 2.45) is 0 Å². The molecule has 33 heavy (non-hydrogen) atoms. The number of rotatable bonds is 6. The average molecular weight is 487 g/mol. The number of amides is 1. The monoisotopic (exact) mass is 486 g/mol. The van der Waals surface area contributed by atoms with Crippen LogP contribution in [0.5, 0.6) is 0 Å². The van der Waals surface area contributed by atoms with Gasteiger partial charge in [-0.2, -0.15) is 9.29 Å². The number of sulfonamides is 1. The molecule has 1 aliphatic heterocycles. The zero-order chi connectivity index (χ0) is 23.0. The van der Waals surface area contributed by atoms with E-state index in [4.69, 9.17) is 4.52 Å². The van der Waals surface area contributed by atoms with Crippen molar-refractivity contribution in [2.75, 3.05) is 26.2 Å². The van der Waals surface area contributed by atoms with Crippen LogP contribution < -0.4 is 0 Å². The largest absolute Gasteiger partial charge is 0.340 e. The number of benzene rings is 1. The van der Waals surface area contributed by atoms with Crippen molar-refractivity contribution in [3.8, 4) is 11.4 Å². The Morgan fingerprint density at radius 2 is 1.94 bits per heavy atom. The average Bonchev–Trinajstić information content (AvgIpc) is 3.44. The lowest BCUT2D eigenvalue weighted by Gasteiger charge is -2.33. The molecule has 0 unspecified atom stereocenters. The Morgan fingerprint density at radius 3 is 2.64 bits per heavy atom. The predicted molar refractivity (Wildman–Crippen MR) is 124 cm³/mol. The highest BCUT2D eigenvalue weighted by Gasteiger charge is 2.32. The number of thiophene rings is 1. The van der Waals surface area contributed by atoms with Crippen molar-refractivity contribution in [2.45, 2.75) is 42.7 Å². The fourth-order valence-corrected chi connectivity index (χ4v) is 6.86. The van der Waals surface area contributed by atoms with Gasteiger partial charge in [0.2, 0.25) is 17.6 Å². The summed E-state index contributed by atoms with van der Waals surface area (Å²) in [4.78, 5) is 18.9. The summed E-state index contributed by atoms with van der Waals surface area (Å²) in [6, 6.07) is 9.45. The van der Waals surface area contributed by atoms with E-state index >= 15 is 0 Å². The maximum absolute atomic E-state index is 13.2. The van der Waals surface area contributed by atoms with Crippen molar-refractivity contribution < 1.29 is 17.7 Å². The molecule has 10 heteroatoms. The molecule has 8 nitrogen and oxygen atoms in total. The van der Waals surface area contributed by atoms with E-state index in [9.17, 15) is 13.2 Å². The number of piperazine rings is 1. The van der Waals surface area contributed by atoms with Crippen LogP contribution in [0.15, 0.2) is 44.4 Å². The van der Waals surface area contributed by atoms with Gasteiger partial charge in [0.05, 0.1) is 6.42 Å². The van der Waals surface area contributed by atoms with Crippen molar-refractivity contribution in [1.82, 2.24) is 19.3 Å². The van der Waals surface area contributed by atoms with Crippen LogP contribution in [-0.4, -0.2) is 59.8 Å². The Bertz CT molecular complexity index is 1250. The Hall–Kier alpha value is -2.56. The quantitative estimate of drug-likeness (QED) is 0.529. The Kier molecular flexibility index (Phi) is 6.07. The highest BCUT2D eigenvalue weighted by molar-refractivity contribution is 7.91. The van der Waals surface area contributed by atoms with Gasteiger partial charge >= 0.3 is 0 Å². The maximum atomic E-state index is 13.2. The van der Waals surface area contributed by atoms with Crippen LogP contribution in [-0.2, 0) is 21.2 Å². The molecule has 0 N–H and O–H groups in total. The topological polar surface area (TPSA) is 96.6 Å². The van der Waals surface area contributed by atoms with Crippen LogP contribution in [0.1, 0.15) is 42.2 Å². The molecule has 3 aromatic rings. The van der Waals surface area contributed by atoms with Crippen molar-refractivity contribution in [3.05, 3.63) is 52.7 Å². The predicted octanol–water partition coefficient (Wildman–Crippen LogP) is 3.45. The van der Waals surface area contributed by atoms with Gasteiger partial charge in [-0.3, -0.25) is 4.79 Å². The highest BCUT2D eigenvalue weighted by Crippen LogP contribution is 2.37. The van der Waals surface area contributed by atoms with Gasteiger partial charge in [0.1, 0.15) is 4.21 Å².